The van der Waals surface area contributed by atoms with Crippen LogP contribution in [0.25, 0.3) is 0 Å². The molecule has 0 aromatic rings. The van der Waals surface area contributed by atoms with Gasteiger partial charge >= 0.3 is 15.9 Å². The maximum atomic E-state index is 2.14. The van der Waals surface area contributed by atoms with Gasteiger partial charge in [-0.05, 0) is 0 Å². The van der Waals surface area contributed by atoms with Gasteiger partial charge in [0.25, 0.3) is 0 Å². The third-order valence-corrected chi connectivity index (χ3v) is 0. The van der Waals surface area contributed by atoms with Crippen LogP contribution in [0.15, 0.2) is 0 Å². The maximum Gasteiger partial charge on any atom is -0.147 e. The Labute approximate surface area is 41.4 Å². The quantitative estimate of drug-likeness (QED) is 0.418. The Morgan fingerprint density at radius 2 is 1.00 bits per heavy atom. The first-order valence-corrected chi connectivity index (χ1v) is 3.00. The van der Waals surface area contributed by atoms with Crippen LogP contribution >= 0.6 is 34.1 Å². The number of hydrogen-bond acceptors (Lipinski definition) is 0. The average Bonchev–Trinajstić information content (AvgIpc) is 1.00. The van der Waals surface area contributed by atoms with Crippen molar-refractivity contribution in [2.24, 2.45) is 0 Å². The summed E-state index contributed by atoms with van der Waals surface area (Å²) in [5.74, 6) is 0. The summed E-state index contributed by atoms with van der Waals surface area (Å²) < 4.78 is 0. The molecule has 0 aromatic carbocycles. The van der Waals surface area contributed by atoms with Crippen molar-refractivity contribution < 1.29 is 0 Å². The first-order valence-electron chi connectivity index (χ1n) is 1.00. The van der Waals surface area contributed by atoms with Crippen LogP contribution in [0.4, 0.5) is 0 Å². The van der Waals surface area contributed by atoms with Gasteiger partial charge in [0.1, 0.15) is 0 Å². The first-order chi connectivity index (χ1) is 1.00. The van der Waals surface area contributed by atoms with E-state index in [1.165, 1.54) is 9.24 Å². The van der Waals surface area contributed by atoms with E-state index in [1.54, 1.807) is 0 Å². The minimum absolute atomic E-state index is 0. The van der Waals surface area contributed by atoms with Crippen LogP contribution in [0.3, 0.4) is 0 Å². The molecule has 0 aliphatic rings. The van der Waals surface area contributed by atoms with Gasteiger partial charge < -0.3 is 0 Å². The zero-order valence-corrected chi connectivity index (χ0v) is 6.45. The van der Waals surface area contributed by atoms with Crippen molar-refractivity contribution >= 4 is 34.1 Å². The molecule has 0 aliphatic heterocycles. The van der Waals surface area contributed by atoms with E-state index in [2.05, 4.69) is 6.66 Å². The Kier molecular flexibility index (Phi) is 178. The molecule has 0 heterocycles. The van der Waals surface area contributed by atoms with Crippen LogP contribution in [-0.2, 0) is 0 Å². The number of halogens is 2. The summed E-state index contributed by atoms with van der Waals surface area (Å²) in [6.45, 7) is 2.14. The first kappa shape index (κ1) is 19.9. The van der Waals surface area contributed by atoms with Gasteiger partial charge in [0, 0.05) is 0 Å². The van der Waals surface area contributed by atoms with Gasteiger partial charge in [-0.1, -0.05) is 0 Å². The fourth-order valence-corrected chi connectivity index (χ4v) is 0. The molecule has 0 spiro atoms. The van der Waals surface area contributed by atoms with E-state index in [0.29, 0.717) is 0 Å². The van der Waals surface area contributed by atoms with Crippen molar-refractivity contribution in [1.29, 1.82) is 0 Å². The fraction of sp³-hybridized carbons (Fsp3) is 1.00. The number of rotatable bonds is 0. The molecule has 0 rings (SSSR count). The zero-order chi connectivity index (χ0) is 2.00. The molecular formula is CH9Cl2P. The summed E-state index contributed by atoms with van der Waals surface area (Å²) in [5, 5.41) is 0. The van der Waals surface area contributed by atoms with E-state index >= 15 is 0 Å². The molecule has 0 fully saturated rings. The predicted molar refractivity (Wildman–Crippen MR) is 32.9 cm³/mol. The van der Waals surface area contributed by atoms with Crippen LogP contribution in [-0.4, -0.2) is 6.66 Å². The Bertz CT molecular complexity index is 6.00. The Morgan fingerprint density at radius 3 is 1.00 bits per heavy atom. The minimum atomic E-state index is 0. The summed E-state index contributed by atoms with van der Waals surface area (Å²) in [7, 11) is 1.31. The molecule has 0 atom stereocenters. The molecule has 32 valence electrons. The normalized spacial score (nSPS) is 1.75. The van der Waals surface area contributed by atoms with Gasteiger partial charge in [0.15, 0.2) is 0 Å². The topological polar surface area (TPSA) is 0 Å². The van der Waals surface area contributed by atoms with Crippen molar-refractivity contribution in [1.82, 2.24) is 0 Å². The molecule has 3 heteroatoms. The molecular weight excluding hydrogens is 114 g/mol. The van der Waals surface area contributed by atoms with Crippen LogP contribution in [0, 0.1) is 0 Å². The van der Waals surface area contributed by atoms with Crippen molar-refractivity contribution in [3.05, 3.63) is 0 Å². The Balaban J connectivity index is -0.00000000500. The minimum Gasteiger partial charge on any atom is -0.147 e. The van der Waals surface area contributed by atoms with E-state index in [0.717, 1.165) is 0 Å². The van der Waals surface area contributed by atoms with E-state index in [9.17, 15) is 0 Å². The molecule has 0 N–H and O–H groups in total. The van der Waals surface area contributed by atoms with Crippen LogP contribution in [0.5, 0.6) is 0 Å². The Morgan fingerprint density at radius 1 is 1.00 bits per heavy atom. The largest absolute Gasteiger partial charge is 0.147 e. The van der Waals surface area contributed by atoms with Crippen LogP contribution in [0.2, 0.25) is 0 Å². The van der Waals surface area contributed by atoms with Gasteiger partial charge in [-0.25, -0.2) is 0 Å². The van der Waals surface area contributed by atoms with Crippen LogP contribution in [0.1, 0.15) is 0 Å². The van der Waals surface area contributed by atoms with Gasteiger partial charge in [0.05, 0.1) is 0 Å². The maximum absolute atomic E-state index is 2.14. The standard InChI is InChI=1S/CH7P.2ClH/c1-2;;/h1H3,2H4;2*1H. The SMILES string of the molecule is C[PH4].Cl.Cl. The summed E-state index contributed by atoms with van der Waals surface area (Å²) in [6.07, 6.45) is 0. The van der Waals surface area contributed by atoms with Gasteiger partial charge in [-0.15, -0.1) is 24.8 Å². The molecule has 0 nitrogen and oxygen atoms in total. The summed E-state index contributed by atoms with van der Waals surface area (Å²) in [5.41, 5.74) is 0. The van der Waals surface area contributed by atoms with E-state index in [-0.39, 0.29) is 24.8 Å². The molecule has 4 heavy (non-hydrogen) atoms. The molecule has 0 saturated heterocycles. The molecule has 0 radical (unpaired) electrons. The molecule has 0 unspecified atom stereocenters. The summed E-state index contributed by atoms with van der Waals surface area (Å²) in [4.78, 5) is 0. The monoisotopic (exact) mass is 122 g/mol. The van der Waals surface area contributed by atoms with Crippen molar-refractivity contribution in [2.75, 3.05) is 6.66 Å². The van der Waals surface area contributed by atoms with Gasteiger partial charge in [0.2, 0.25) is 0 Å². The zero-order valence-electron chi connectivity index (χ0n) is 2.82. The van der Waals surface area contributed by atoms with Crippen molar-refractivity contribution in [2.45, 2.75) is 0 Å². The third-order valence-electron chi connectivity index (χ3n) is 0. The van der Waals surface area contributed by atoms with Gasteiger partial charge in [-0.3, -0.25) is 0 Å². The van der Waals surface area contributed by atoms with Gasteiger partial charge in [-0.2, -0.15) is 0 Å². The predicted octanol–water partition coefficient (Wildman–Crippen LogP) is 0.800. The fourth-order valence-electron chi connectivity index (χ4n) is 0. The average molecular weight is 123 g/mol. The second-order valence-corrected chi connectivity index (χ2v) is 0. The molecule has 0 amide bonds. The second kappa shape index (κ2) is 35.6. The van der Waals surface area contributed by atoms with E-state index < -0.39 is 0 Å². The summed E-state index contributed by atoms with van der Waals surface area (Å²) >= 11 is 0. The molecule has 0 aromatic heterocycles. The van der Waals surface area contributed by atoms with E-state index in [4.69, 9.17) is 0 Å². The second-order valence-electron chi connectivity index (χ2n) is 0. The third kappa shape index (κ3) is 11.9. The molecule has 0 bridgehead atoms. The van der Waals surface area contributed by atoms with Crippen molar-refractivity contribution in [3.63, 3.8) is 0 Å². The molecule has 0 aliphatic carbocycles. The smallest absolute Gasteiger partial charge is 0.147 e. The van der Waals surface area contributed by atoms with E-state index in [1.807, 2.05) is 0 Å². The van der Waals surface area contributed by atoms with Crippen LogP contribution < -0.4 is 0 Å². The molecule has 0 saturated carbocycles. The number of hydrogen-bond donors (Lipinski definition) is 0. The Hall–Kier alpha value is 1.01. The van der Waals surface area contributed by atoms with Crippen molar-refractivity contribution in [3.8, 4) is 0 Å². The summed E-state index contributed by atoms with van der Waals surface area (Å²) in [6, 6.07) is 0.